The summed E-state index contributed by atoms with van der Waals surface area (Å²) >= 11 is 0. The first-order valence-corrected chi connectivity index (χ1v) is 11.9. The fourth-order valence-electron chi connectivity index (χ4n) is 4.97. The molecule has 1 saturated heterocycles. The van der Waals surface area contributed by atoms with E-state index in [0.717, 1.165) is 43.6 Å². The van der Waals surface area contributed by atoms with E-state index < -0.39 is 0 Å². The lowest BCUT2D eigenvalue weighted by Gasteiger charge is -2.24. The van der Waals surface area contributed by atoms with Crippen molar-refractivity contribution in [2.45, 2.75) is 50.6 Å². The van der Waals surface area contributed by atoms with E-state index >= 15 is 0 Å². The van der Waals surface area contributed by atoms with Gasteiger partial charge in [-0.25, -0.2) is 0 Å². The number of pyridine rings is 1. The van der Waals surface area contributed by atoms with Crippen LogP contribution in [0, 0.1) is 0 Å². The average Bonchev–Trinajstić information content (AvgIpc) is 3.67. The van der Waals surface area contributed by atoms with Crippen molar-refractivity contribution in [2.24, 2.45) is 0 Å². The molecule has 1 saturated carbocycles. The number of amides is 1. The lowest BCUT2D eigenvalue weighted by Crippen LogP contribution is -2.32. The van der Waals surface area contributed by atoms with Crippen LogP contribution in [-0.2, 0) is 0 Å². The van der Waals surface area contributed by atoms with Gasteiger partial charge in [0.15, 0.2) is 5.82 Å². The first kappa shape index (κ1) is 20.6. The summed E-state index contributed by atoms with van der Waals surface area (Å²) in [6.07, 6.45) is 10.2. The number of fused-ring (bicyclic) bond motifs is 1. The third kappa shape index (κ3) is 3.95. The van der Waals surface area contributed by atoms with E-state index in [4.69, 9.17) is 9.97 Å². The van der Waals surface area contributed by atoms with Crippen LogP contribution in [0.4, 0.5) is 17.7 Å². The van der Waals surface area contributed by atoms with Gasteiger partial charge in [-0.1, -0.05) is 18.9 Å². The maximum atomic E-state index is 12.6. The molecule has 1 amide bonds. The molecule has 0 bridgehead atoms. The van der Waals surface area contributed by atoms with Gasteiger partial charge in [0.05, 0.1) is 11.7 Å². The number of rotatable bonds is 6. The summed E-state index contributed by atoms with van der Waals surface area (Å²) in [6, 6.07) is 12.0. The fourth-order valence-corrected chi connectivity index (χ4v) is 4.97. The number of aromatic amines is 1. The quantitative estimate of drug-likeness (QED) is 0.405. The third-order valence-electron chi connectivity index (χ3n) is 6.67. The maximum absolute atomic E-state index is 12.6. The van der Waals surface area contributed by atoms with E-state index in [0.29, 0.717) is 23.4 Å². The molecule has 2 aliphatic rings. The van der Waals surface area contributed by atoms with Crippen LogP contribution in [0.1, 0.15) is 60.7 Å². The Morgan fingerprint density at radius 3 is 2.82 bits per heavy atom. The zero-order valence-corrected chi connectivity index (χ0v) is 18.8. The summed E-state index contributed by atoms with van der Waals surface area (Å²) in [7, 11) is 0. The largest absolute Gasteiger partial charge is 0.348 e. The summed E-state index contributed by atoms with van der Waals surface area (Å²) in [4.78, 5) is 29.0. The molecule has 1 unspecified atom stereocenters. The molecule has 10 nitrogen and oxygen atoms in total. The standard InChI is InChI=1S/C24H27N9O/c34-22(26-16-7-1-2-8-16)18-15-20(31-30-18)27-23-29-24(28-21-11-6-14-33(21)23)32-13-5-10-19(32)17-9-3-4-12-25-17/h3-4,6,9,11-12,14-16,19H,1-2,5,7-8,10,13H2,(H,26,34)(H2,27,28,29,30,31). The van der Waals surface area contributed by atoms with Gasteiger partial charge in [-0.3, -0.25) is 19.3 Å². The number of nitrogens with one attached hydrogen (secondary N) is 3. The van der Waals surface area contributed by atoms with Crippen LogP contribution >= 0.6 is 0 Å². The molecule has 10 heteroatoms. The van der Waals surface area contributed by atoms with Crippen LogP contribution in [0.2, 0.25) is 0 Å². The van der Waals surface area contributed by atoms with Gasteiger partial charge in [-0.15, -0.1) is 0 Å². The second kappa shape index (κ2) is 8.77. The molecular formula is C24H27N9O. The van der Waals surface area contributed by atoms with Crippen molar-refractivity contribution in [1.82, 2.24) is 34.9 Å². The van der Waals surface area contributed by atoms with E-state index in [1.54, 1.807) is 6.07 Å². The minimum atomic E-state index is -0.128. The summed E-state index contributed by atoms with van der Waals surface area (Å²) in [5, 5.41) is 13.5. The monoisotopic (exact) mass is 457 g/mol. The molecule has 0 radical (unpaired) electrons. The van der Waals surface area contributed by atoms with Crippen molar-refractivity contribution >= 4 is 29.3 Å². The first-order chi connectivity index (χ1) is 16.7. The summed E-state index contributed by atoms with van der Waals surface area (Å²) < 4.78 is 1.88. The summed E-state index contributed by atoms with van der Waals surface area (Å²) in [6.45, 7) is 0.867. The van der Waals surface area contributed by atoms with Gasteiger partial charge in [0, 0.05) is 31.0 Å². The Morgan fingerprint density at radius 2 is 1.97 bits per heavy atom. The Bertz CT molecular complexity index is 1290. The highest BCUT2D eigenvalue weighted by Crippen LogP contribution is 2.34. The number of carbonyl (C=O) groups excluding carboxylic acids is 1. The molecule has 174 valence electrons. The Morgan fingerprint density at radius 1 is 1.06 bits per heavy atom. The molecule has 1 aliphatic heterocycles. The predicted octanol–water partition coefficient (Wildman–Crippen LogP) is 3.60. The van der Waals surface area contributed by atoms with Gasteiger partial charge in [-0.05, 0) is 49.9 Å². The van der Waals surface area contributed by atoms with Crippen molar-refractivity contribution in [2.75, 3.05) is 16.8 Å². The van der Waals surface area contributed by atoms with Crippen LogP contribution < -0.4 is 15.5 Å². The first-order valence-electron chi connectivity index (χ1n) is 11.9. The molecule has 0 aromatic carbocycles. The topological polar surface area (TPSA) is 116 Å². The number of hydrogen-bond donors (Lipinski definition) is 3. The lowest BCUT2D eigenvalue weighted by atomic mass is 10.1. The molecule has 5 heterocycles. The third-order valence-corrected chi connectivity index (χ3v) is 6.67. The van der Waals surface area contributed by atoms with Crippen LogP contribution in [0.25, 0.3) is 5.65 Å². The normalized spacial score (nSPS) is 18.6. The average molecular weight is 458 g/mol. The van der Waals surface area contributed by atoms with Crippen molar-refractivity contribution in [3.8, 4) is 0 Å². The SMILES string of the molecule is O=C(NC1CCCC1)c1cc(Nc2nc(N3CCCC3c3ccccn3)nc3cccn23)n[nH]1. The molecule has 3 N–H and O–H groups in total. The van der Waals surface area contributed by atoms with Gasteiger partial charge in [0.1, 0.15) is 11.3 Å². The Kier molecular flexibility index (Phi) is 5.32. The molecule has 0 spiro atoms. The molecule has 34 heavy (non-hydrogen) atoms. The van der Waals surface area contributed by atoms with E-state index in [1.807, 2.05) is 41.1 Å². The predicted molar refractivity (Wildman–Crippen MR) is 128 cm³/mol. The second-order valence-corrected chi connectivity index (χ2v) is 8.94. The molecule has 1 atom stereocenters. The highest BCUT2D eigenvalue weighted by molar-refractivity contribution is 5.93. The van der Waals surface area contributed by atoms with Gasteiger partial charge >= 0.3 is 0 Å². The van der Waals surface area contributed by atoms with Crippen LogP contribution in [-0.4, -0.2) is 48.0 Å². The number of aromatic nitrogens is 6. The number of hydrogen-bond acceptors (Lipinski definition) is 7. The zero-order valence-electron chi connectivity index (χ0n) is 18.8. The van der Waals surface area contributed by atoms with Crippen LogP contribution in [0.3, 0.4) is 0 Å². The maximum Gasteiger partial charge on any atom is 0.269 e. The highest BCUT2D eigenvalue weighted by Gasteiger charge is 2.30. The Balaban J connectivity index is 1.26. The minimum Gasteiger partial charge on any atom is -0.348 e. The number of nitrogens with zero attached hydrogens (tertiary/aromatic N) is 6. The van der Waals surface area contributed by atoms with Crippen LogP contribution in [0.5, 0.6) is 0 Å². The second-order valence-electron chi connectivity index (χ2n) is 8.94. The van der Waals surface area contributed by atoms with E-state index in [-0.39, 0.29) is 18.0 Å². The molecule has 1 aliphatic carbocycles. The van der Waals surface area contributed by atoms with Gasteiger partial charge in [-0.2, -0.15) is 15.1 Å². The van der Waals surface area contributed by atoms with Crippen molar-refractivity contribution in [3.05, 3.63) is 60.2 Å². The van der Waals surface area contributed by atoms with E-state index in [2.05, 4.69) is 36.8 Å². The Labute approximate surface area is 196 Å². The Hall–Kier alpha value is -3.95. The highest BCUT2D eigenvalue weighted by atomic mass is 16.2. The smallest absolute Gasteiger partial charge is 0.269 e. The van der Waals surface area contributed by atoms with Crippen molar-refractivity contribution in [1.29, 1.82) is 0 Å². The van der Waals surface area contributed by atoms with Gasteiger partial charge in [0.25, 0.3) is 5.91 Å². The number of anilines is 3. The van der Waals surface area contributed by atoms with Gasteiger partial charge < -0.3 is 15.5 Å². The molecule has 6 rings (SSSR count). The summed E-state index contributed by atoms with van der Waals surface area (Å²) in [5.41, 5.74) is 2.25. The minimum absolute atomic E-state index is 0.128. The number of H-pyrrole nitrogens is 1. The van der Waals surface area contributed by atoms with Crippen molar-refractivity contribution in [3.63, 3.8) is 0 Å². The molecule has 2 fully saturated rings. The molecular weight excluding hydrogens is 430 g/mol. The molecule has 4 aromatic rings. The fraction of sp³-hybridized carbons (Fsp3) is 0.375. The number of carbonyl (C=O) groups is 1. The van der Waals surface area contributed by atoms with Gasteiger partial charge in [0.2, 0.25) is 11.9 Å². The van der Waals surface area contributed by atoms with Crippen molar-refractivity contribution < 1.29 is 4.79 Å². The zero-order chi connectivity index (χ0) is 22.9. The summed E-state index contributed by atoms with van der Waals surface area (Å²) in [5.74, 6) is 1.64. The van der Waals surface area contributed by atoms with Crippen LogP contribution in [0.15, 0.2) is 48.8 Å². The lowest BCUT2D eigenvalue weighted by molar-refractivity contribution is 0.0933. The van der Waals surface area contributed by atoms with E-state index in [1.165, 1.54) is 12.8 Å². The molecule has 4 aromatic heterocycles. The van der Waals surface area contributed by atoms with E-state index in [9.17, 15) is 4.79 Å².